The minimum atomic E-state index is -0.407. The summed E-state index contributed by atoms with van der Waals surface area (Å²) in [6.45, 7) is 3.68. The highest BCUT2D eigenvalue weighted by Gasteiger charge is 2.08. The Labute approximate surface area is 48.9 Å². The standard InChI is InChI=1S/C6H10O2/c1-5(2)6(3-7)4-8/h3-6H,1-2H3. The molecule has 0 atom stereocenters. The number of hydrogen-bond acceptors (Lipinski definition) is 2. The first-order valence-electron chi connectivity index (χ1n) is 2.63. The number of aldehydes is 2. The second kappa shape index (κ2) is 3.36. The van der Waals surface area contributed by atoms with Crippen molar-refractivity contribution < 1.29 is 9.59 Å². The molecule has 0 aromatic carbocycles. The molecule has 0 N–H and O–H groups in total. The molecule has 2 heteroatoms. The molecule has 0 saturated heterocycles. The molecule has 0 rings (SSSR count). The SMILES string of the molecule is CC(C)C(C=O)C=O. The van der Waals surface area contributed by atoms with Crippen LogP contribution >= 0.6 is 0 Å². The second-order valence-corrected chi connectivity index (χ2v) is 2.09. The van der Waals surface area contributed by atoms with Crippen LogP contribution in [0.3, 0.4) is 0 Å². The fourth-order valence-corrected chi connectivity index (χ4v) is 0.346. The van der Waals surface area contributed by atoms with Gasteiger partial charge in [-0.1, -0.05) is 13.8 Å². The zero-order valence-electron chi connectivity index (χ0n) is 5.13. The Hall–Kier alpha value is -0.660. The van der Waals surface area contributed by atoms with Crippen molar-refractivity contribution in [3.8, 4) is 0 Å². The van der Waals surface area contributed by atoms with E-state index in [0.717, 1.165) is 0 Å². The molecule has 0 unspecified atom stereocenters. The van der Waals surface area contributed by atoms with Gasteiger partial charge in [-0.15, -0.1) is 0 Å². The summed E-state index contributed by atoms with van der Waals surface area (Å²) >= 11 is 0. The fraction of sp³-hybridized carbons (Fsp3) is 0.667. The molecule has 0 aliphatic carbocycles. The average molecular weight is 114 g/mol. The molecule has 0 aliphatic rings. The Kier molecular flexibility index (Phi) is 3.08. The van der Waals surface area contributed by atoms with Crippen molar-refractivity contribution in [2.45, 2.75) is 13.8 Å². The molecular formula is C6H10O2. The lowest BCUT2D eigenvalue weighted by Crippen LogP contribution is -2.10. The summed E-state index contributed by atoms with van der Waals surface area (Å²) in [5.74, 6) is -0.264. The summed E-state index contributed by atoms with van der Waals surface area (Å²) in [6.07, 6.45) is 1.36. The third-order valence-electron chi connectivity index (χ3n) is 1.08. The highest BCUT2D eigenvalue weighted by molar-refractivity contribution is 5.77. The highest BCUT2D eigenvalue weighted by atomic mass is 16.1. The summed E-state index contributed by atoms with van der Waals surface area (Å²) in [4.78, 5) is 19.9. The van der Waals surface area contributed by atoms with Crippen LogP contribution in [0.4, 0.5) is 0 Å². The molecule has 2 nitrogen and oxygen atoms in total. The van der Waals surface area contributed by atoms with Crippen molar-refractivity contribution in [2.75, 3.05) is 0 Å². The lowest BCUT2D eigenvalue weighted by molar-refractivity contribution is -0.120. The normalized spacial score (nSPS) is 10.0. The third kappa shape index (κ3) is 1.87. The van der Waals surface area contributed by atoms with Crippen molar-refractivity contribution in [3.05, 3.63) is 0 Å². The smallest absolute Gasteiger partial charge is 0.130 e. The molecular weight excluding hydrogens is 104 g/mol. The van der Waals surface area contributed by atoms with Gasteiger partial charge in [-0.2, -0.15) is 0 Å². The van der Waals surface area contributed by atoms with Crippen molar-refractivity contribution in [1.29, 1.82) is 0 Å². The Balaban J connectivity index is 3.68. The first-order valence-corrected chi connectivity index (χ1v) is 2.63. The van der Waals surface area contributed by atoms with Gasteiger partial charge in [-0.25, -0.2) is 0 Å². The van der Waals surface area contributed by atoms with Crippen LogP contribution in [0.2, 0.25) is 0 Å². The zero-order valence-corrected chi connectivity index (χ0v) is 5.13. The maximum absolute atomic E-state index is 9.95. The minimum absolute atomic E-state index is 0.144. The van der Waals surface area contributed by atoms with E-state index in [9.17, 15) is 9.59 Å². The van der Waals surface area contributed by atoms with E-state index in [2.05, 4.69) is 0 Å². The Morgan fingerprint density at radius 3 is 1.50 bits per heavy atom. The van der Waals surface area contributed by atoms with Crippen LogP contribution in [-0.2, 0) is 9.59 Å². The zero-order chi connectivity index (χ0) is 6.57. The van der Waals surface area contributed by atoms with Crippen LogP contribution in [0.1, 0.15) is 13.8 Å². The number of carbonyl (C=O) groups is 2. The van der Waals surface area contributed by atoms with E-state index >= 15 is 0 Å². The van der Waals surface area contributed by atoms with Crippen LogP contribution in [0.15, 0.2) is 0 Å². The Morgan fingerprint density at radius 2 is 1.50 bits per heavy atom. The van der Waals surface area contributed by atoms with E-state index in [1.807, 2.05) is 13.8 Å². The van der Waals surface area contributed by atoms with Crippen molar-refractivity contribution in [3.63, 3.8) is 0 Å². The van der Waals surface area contributed by atoms with E-state index in [4.69, 9.17) is 0 Å². The molecule has 0 radical (unpaired) electrons. The molecule has 0 heterocycles. The molecule has 8 heavy (non-hydrogen) atoms. The van der Waals surface area contributed by atoms with Crippen LogP contribution in [-0.4, -0.2) is 12.6 Å². The molecule has 0 spiro atoms. The first kappa shape index (κ1) is 7.34. The largest absolute Gasteiger partial charge is 0.303 e. The lowest BCUT2D eigenvalue weighted by atomic mass is 10.00. The highest BCUT2D eigenvalue weighted by Crippen LogP contribution is 2.02. The molecule has 0 aromatic heterocycles. The maximum Gasteiger partial charge on any atom is 0.130 e. The predicted octanol–water partition coefficient (Wildman–Crippen LogP) is 0.656. The number of hydrogen-bond donors (Lipinski definition) is 0. The van der Waals surface area contributed by atoms with Gasteiger partial charge in [0.1, 0.15) is 12.6 Å². The predicted molar refractivity (Wildman–Crippen MR) is 30.5 cm³/mol. The summed E-state index contributed by atoms with van der Waals surface area (Å²) in [5, 5.41) is 0. The quantitative estimate of drug-likeness (QED) is 0.399. The van der Waals surface area contributed by atoms with Crippen molar-refractivity contribution in [2.24, 2.45) is 11.8 Å². The molecule has 0 aromatic rings. The van der Waals surface area contributed by atoms with E-state index < -0.39 is 5.92 Å². The van der Waals surface area contributed by atoms with Gasteiger partial charge in [0.2, 0.25) is 0 Å². The summed E-state index contributed by atoms with van der Waals surface area (Å²) in [5.41, 5.74) is 0. The van der Waals surface area contributed by atoms with E-state index in [0.29, 0.717) is 12.6 Å². The maximum atomic E-state index is 9.95. The van der Waals surface area contributed by atoms with Gasteiger partial charge in [0, 0.05) is 0 Å². The van der Waals surface area contributed by atoms with Crippen LogP contribution in [0.25, 0.3) is 0 Å². The molecule has 0 bridgehead atoms. The lowest BCUT2D eigenvalue weighted by Gasteiger charge is -2.02. The molecule has 0 saturated carbocycles. The fourth-order valence-electron chi connectivity index (χ4n) is 0.346. The van der Waals surface area contributed by atoms with Gasteiger partial charge in [0.05, 0.1) is 5.92 Å². The van der Waals surface area contributed by atoms with Gasteiger partial charge in [-0.05, 0) is 5.92 Å². The van der Waals surface area contributed by atoms with E-state index in [1.54, 1.807) is 0 Å². The molecule has 0 amide bonds. The summed E-state index contributed by atoms with van der Waals surface area (Å²) < 4.78 is 0. The van der Waals surface area contributed by atoms with Crippen LogP contribution < -0.4 is 0 Å². The second-order valence-electron chi connectivity index (χ2n) is 2.09. The van der Waals surface area contributed by atoms with Gasteiger partial charge in [-0.3, -0.25) is 0 Å². The number of rotatable bonds is 3. The summed E-state index contributed by atoms with van der Waals surface area (Å²) in [7, 11) is 0. The first-order chi connectivity index (χ1) is 3.72. The monoisotopic (exact) mass is 114 g/mol. The Morgan fingerprint density at radius 1 is 1.12 bits per heavy atom. The average Bonchev–Trinajstić information content (AvgIpc) is 1.69. The topological polar surface area (TPSA) is 34.1 Å². The van der Waals surface area contributed by atoms with Crippen molar-refractivity contribution >= 4 is 12.6 Å². The van der Waals surface area contributed by atoms with Crippen LogP contribution in [0.5, 0.6) is 0 Å². The van der Waals surface area contributed by atoms with E-state index in [-0.39, 0.29) is 5.92 Å². The van der Waals surface area contributed by atoms with Gasteiger partial charge in [0.25, 0.3) is 0 Å². The van der Waals surface area contributed by atoms with E-state index in [1.165, 1.54) is 0 Å². The van der Waals surface area contributed by atoms with Gasteiger partial charge >= 0.3 is 0 Å². The third-order valence-corrected chi connectivity index (χ3v) is 1.08. The van der Waals surface area contributed by atoms with Crippen molar-refractivity contribution in [1.82, 2.24) is 0 Å². The van der Waals surface area contributed by atoms with Gasteiger partial charge < -0.3 is 9.59 Å². The van der Waals surface area contributed by atoms with Gasteiger partial charge in [0.15, 0.2) is 0 Å². The molecule has 0 fully saturated rings. The number of carbonyl (C=O) groups excluding carboxylic acids is 2. The Bertz CT molecular complexity index is 78.5. The molecule has 0 aliphatic heterocycles. The molecule has 46 valence electrons. The minimum Gasteiger partial charge on any atom is -0.303 e. The van der Waals surface area contributed by atoms with Crippen LogP contribution in [0, 0.1) is 11.8 Å². The summed E-state index contributed by atoms with van der Waals surface area (Å²) in [6, 6.07) is 0.